The maximum Gasteiger partial charge on any atom is 0.221 e. The Balaban J connectivity index is 1.92. The highest BCUT2D eigenvalue weighted by atomic mass is 35.5. The molecule has 21 heavy (non-hydrogen) atoms. The van der Waals surface area contributed by atoms with Gasteiger partial charge in [0.2, 0.25) is 5.91 Å². The second-order valence-corrected chi connectivity index (χ2v) is 5.93. The third kappa shape index (κ3) is 1.98. The van der Waals surface area contributed by atoms with E-state index in [1.54, 1.807) is 0 Å². The van der Waals surface area contributed by atoms with Crippen LogP contribution >= 0.6 is 11.6 Å². The van der Waals surface area contributed by atoms with Gasteiger partial charge in [0, 0.05) is 11.4 Å². The highest BCUT2D eigenvalue weighted by Gasteiger charge is 2.35. The van der Waals surface area contributed by atoms with Crippen molar-refractivity contribution in [2.24, 2.45) is 0 Å². The molecule has 2 aromatic carbocycles. The number of carbonyl (C=O) groups excluding carboxylic acids is 1. The number of nitrogens with one attached hydrogen (secondary N) is 1. The molecule has 1 aliphatic heterocycles. The number of carbonyl (C=O) groups is 1. The zero-order chi connectivity index (χ0) is 14.4. The van der Waals surface area contributed by atoms with Crippen molar-refractivity contribution in [1.82, 2.24) is 5.32 Å². The number of hydrogen-bond donors (Lipinski definition) is 1. The number of rotatable bonds is 1. The minimum atomic E-state index is 0.0353. The molecule has 1 saturated heterocycles. The molecular formula is C18H14ClNO. The Morgan fingerprint density at radius 2 is 1.76 bits per heavy atom. The molecule has 1 aliphatic carbocycles. The Kier molecular flexibility index (Phi) is 2.86. The Morgan fingerprint density at radius 3 is 2.57 bits per heavy atom. The van der Waals surface area contributed by atoms with Crippen molar-refractivity contribution in [1.29, 1.82) is 0 Å². The smallest absolute Gasteiger partial charge is 0.221 e. The van der Waals surface area contributed by atoms with Crippen LogP contribution in [-0.2, 0) is 4.79 Å². The molecule has 1 fully saturated rings. The van der Waals surface area contributed by atoms with E-state index in [4.69, 9.17) is 11.6 Å². The summed E-state index contributed by atoms with van der Waals surface area (Å²) in [6.07, 6.45) is 1.39. The normalized spacial score (nSPS) is 20.0. The van der Waals surface area contributed by atoms with Gasteiger partial charge in [0.25, 0.3) is 0 Å². The third-order valence-electron chi connectivity index (χ3n) is 4.27. The summed E-state index contributed by atoms with van der Waals surface area (Å²) in [6, 6.07) is 16.3. The van der Waals surface area contributed by atoms with E-state index in [1.807, 2.05) is 18.2 Å². The van der Waals surface area contributed by atoms with E-state index in [2.05, 4.69) is 35.6 Å². The Bertz CT molecular complexity index is 761. The molecule has 0 bridgehead atoms. The molecule has 2 aromatic rings. The molecule has 2 aliphatic rings. The molecule has 1 heterocycles. The van der Waals surface area contributed by atoms with E-state index >= 15 is 0 Å². The molecule has 1 N–H and O–H groups in total. The standard InChI is InChI=1S/C18H14ClNO/c19-12-7-5-11(6-8-12)17-13-3-1-2-4-14(13)18-15(17)9-10-16(21)20-18/h1-8,18H,9-10H2,(H,20,21). The van der Waals surface area contributed by atoms with Crippen LogP contribution in [-0.4, -0.2) is 5.91 Å². The summed E-state index contributed by atoms with van der Waals surface area (Å²) in [5.74, 6) is 0.135. The lowest BCUT2D eigenvalue weighted by molar-refractivity contribution is -0.122. The zero-order valence-corrected chi connectivity index (χ0v) is 12.2. The Morgan fingerprint density at radius 1 is 1.00 bits per heavy atom. The summed E-state index contributed by atoms with van der Waals surface area (Å²) in [5, 5.41) is 3.86. The predicted molar refractivity (Wildman–Crippen MR) is 84.0 cm³/mol. The average molecular weight is 296 g/mol. The summed E-state index contributed by atoms with van der Waals surface area (Å²) in [7, 11) is 0. The van der Waals surface area contributed by atoms with Crippen LogP contribution in [0, 0.1) is 0 Å². The molecule has 4 rings (SSSR count). The molecular weight excluding hydrogens is 282 g/mol. The van der Waals surface area contributed by atoms with Crippen molar-refractivity contribution in [3.05, 3.63) is 75.8 Å². The Labute approximate surface area is 128 Å². The average Bonchev–Trinajstić information content (AvgIpc) is 2.82. The van der Waals surface area contributed by atoms with Crippen molar-refractivity contribution in [3.8, 4) is 0 Å². The van der Waals surface area contributed by atoms with Crippen LogP contribution in [0.4, 0.5) is 0 Å². The fourth-order valence-corrected chi connectivity index (χ4v) is 3.48. The van der Waals surface area contributed by atoms with Crippen molar-refractivity contribution in [2.75, 3.05) is 0 Å². The molecule has 1 atom stereocenters. The molecule has 2 nitrogen and oxygen atoms in total. The summed E-state index contributed by atoms with van der Waals surface area (Å²) < 4.78 is 0. The van der Waals surface area contributed by atoms with Gasteiger partial charge in [-0.1, -0.05) is 48.0 Å². The van der Waals surface area contributed by atoms with Gasteiger partial charge in [-0.3, -0.25) is 4.79 Å². The first-order valence-electron chi connectivity index (χ1n) is 7.11. The van der Waals surface area contributed by atoms with Gasteiger partial charge in [-0.15, -0.1) is 0 Å². The molecule has 1 amide bonds. The van der Waals surface area contributed by atoms with Crippen LogP contribution in [0.25, 0.3) is 5.57 Å². The van der Waals surface area contributed by atoms with Gasteiger partial charge in [0.15, 0.2) is 0 Å². The minimum absolute atomic E-state index is 0.0353. The number of fused-ring (bicyclic) bond motifs is 3. The number of hydrogen-bond acceptors (Lipinski definition) is 1. The van der Waals surface area contributed by atoms with Crippen LogP contribution in [0.5, 0.6) is 0 Å². The summed E-state index contributed by atoms with van der Waals surface area (Å²) >= 11 is 6.00. The van der Waals surface area contributed by atoms with Crippen LogP contribution < -0.4 is 5.32 Å². The monoisotopic (exact) mass is 295 g/mol. The number of amides is 1. The fourth-order valence-electron chi connectivity index (χ4n) is 3.35. The molecule has 0 aromatic heterocycles. The lowest BCUT2D eigenvalue weighted by atomic mass is 9.93. The number of piperidine rings is 1. The van der Waals surface area contributed by atoms with Crippen molar-refractivity contribution in [2.45, 2.75) is 18.9 Å². The topological polar surface area (TPSA) is 29.1 Å². The van der Waals surface area contributed by atoms with Crippen molar-refractivity contribution < 1.29 is 4.79 Å². The molecule has 3 heteroatoms. The van der Waals surface area contributed by atoms with Crippen molar-refractivity contribution in [3.63, 3.8) is 0 Å². The van der Waals surface area contributed by atoms with E-state index in [0.29, 0.717) is 6.42 Å². The van der Waals surface area contributed by atoms with Gasteiger partial charge in [-0.25, -0.2) is 0 Å². The van der Waals surface area contributed by atoms with Gasteiger partial charge in [-0.05, 0) is 46.4 Å². The lowest BCUT2D eigenvalue weighted by Gasteiger charge is -2.23. The van der Waals surface area contributed by atoms with E-state index < -0.39 is 0 Å². The maximum atomic E-state index is 11.8. The first-order valence-corrected chi connectivity index (χ1v) is 7.49. The van der Waals surface area contributed by atoms with Crippen LogP contribution in [0.2, 0.25) is 5.02 Å². The van der Waals surface area contributed by atoms with Crippen molar-refractivity contribution >= 4 is 23.1 Å². The van der Waals surface area contributed by atoms with E-state index in [1.165, 1.54) is 27.8 Å². The van der Waals surface area contributed by atoms with Crippen LogP contribution in [0.3, 0.4) is 0 Å². The molecule has 104 valence electrons. The van der Waals surface area contributed by atoms with Crippen LogP contribution in [0.15, 0.2) is 54.1 Å². The molecule has 1 unspecified atom stereocenters. The molecule has 0 saturated carbocycles. The largest absolute Gasteiger partial charge is 0.345 e. The second-order valence-electron chi connectivity index (χ2n) is 5.49. The molecule has 0 spiro atoms. The first-order chi connectivity index (χ1) is 10.2. The second kappa shape index (κ2) is 4.74. The lowest BCUT2D eigenvalue weighted by Crippen LogP contribution is -2.32. The van der Waals surface area contributed by atoms with Crippen LogP contribution in [0.1, 0.15) is 35.6 Å². The van der Waals surface area contributed by atoms with Gasteiger partial charge in [-0.2, -0.15) is 0 Å². The Hall–Kier alpha value is -2.06. The van der Waals surface area contributed by atoms with Gasteiger partial charge >= 0.3 is 0 Å². The number of benzene rings is 2. The molecule has 0 radical (unpaired) electrons. The summed E-state index contributed by atoms with van der Waals surface area (Å²) in [6.45, 7) is 0. The van der Waals surface area contributed by atoms with E-state index in [0.717, 1.165) is 11.4 Å². The van der Waals surface area contributed by atoms with E-state index in [9.17, 15) is 4.79 Å². The fraction of sp³-hybridized carbons (Fsp3) is 0.167. The summed E-state index contributed by atoms with van der Waals surface area (Å²) in [5.41, 5.74) is 6.17. The quantitative estimate of drug-likeness (QED) is 0.843. The van der Waals surface area contributed by atoms with Gasteiger partial charge in [0.05, 0.1) is 6.04 Å². The maximum absolute atomic E-state index is 11.8. The van der Waals surface area contributed by atoms with E-state index in [-0.39, 0.29) is 11.9 Å². The number of halogens is 1. The highest BCUT2D eigenvalue weighted by Crippen LogP contribution is 2.46. The SMILES string of the molecule is O=C1CCC2=C(c3ccc(Cl)cc3)c3ccccc3C2N1. The predicted octanol–water partition coefficient (Wildman–Crippen LogP) is 4.11. The summed E-state index contributed by atoms with van der Waals surface area (Å²) in [4.78, 5) is 11.8. The first kappa shape index (κ1) is 12.7. The zero-order valence-electron chi connectivity index (χ0n) is 11.4. The van der Waals surface area contributed by atoms with Gasteiger partial charge in [0.1, 0.15) is 0 Å². The highest BCUT2D eigenvalue weighted by molar-refractivity contribution is 6.30. The third-order valence-corrected chi connectivity index (χ3v) is 4.52. The van der Waals surface area contributed by atoms with Gasteiger partial charge < -0.3 is 5.32 Å². The minimum Gasteiger partial charge on any atom is -0.345 e.